The SMILES string of the molecule is CC(C)OC(=O)[C@@H](C)N[P@](=O)(CO[C@H](C)Cn1cnc2c(N)ncnc21)Oc1ccccc1.CC(C)OC(=O)[C@H](C)N[P@](=O)(OC[C@H]1O[C@@H](n2ccc(=O)[nH]c2=O)[C@](C)(F)[C@@H]1O)Oc1ccccc1.C[C@H](NP(=O)(OC[C@H]1O[C@@H](n2ccc(N)nc2=O)C(F)(F)[C@@H]1O)Oc1ccccc1)C(=O)OCc1ccccc1. The first-order valence-electron chi connectivity index (χ1n) is 33.7. The number of aliphatic hydroxyl groups excluding tert-OH is 2. The van der Waals surface area contributed by atoms with Crippen molar-refractivity contribution in [1.82, 2.24) is 53.9 Å². The Morgan fingerprint density at radius 2 is 1.11 bits per heavy atom. The third-order valence-corrected chi connectivity index (χ3v) is 20.6. The second-order valence-corrected chi connectivity index (χ2v) is 30.8. The van der Waals surface area contributed by atoms with E-state index in [2.05, 4.69) is 35.2 Å². The number of halogens is 3. The van der Waals surface area contributed by atoms with Crippen LogP contribution in [0.2, 0.25) is 0 Å². The number of ether oxygens (including phenoxy) is 6. The van der Waals surface area contributed by atoms with E-state index in [4.69, 9.17) is 62.5 Å². The number of nitrogen functional groups attached to an aromatic ring is 2. The number of imidazole rings is 1. The number of aliphatic hydroxyl groups is 2. The summed E-state index contributed by atoms with van der Waals surface area (Å²) in [6.07, 6.45) is -7.70. The number of hydrogen-bond donors (Lipinski definition) is 8. The molecule has 8 aromatic rings. The lowest BCUT2D eigenvalue weighted by Gasteiger charge is -2.25. The molecule has 10 N–H and O–H groups in total. The highest BCUT2D eigenvalue weighted by Crippen LogP contribution is 2.50. The Balaban J connectivity index is 0.000000207. The molecule has 0 saturated carbocycles. The standard InChI is InChI=1S/C25H27F2N4O8P.C22H29FN3O9P.C21H29N6O5P/c1-16(22(33)36-14-17-8-4-2-5-9-17)30-40(35,39-18-10-6-3-7-11-18)37-15-19-21(32)25(26,27)23(38-19)31-13-12-20(28)29-24(31)34;1-13(2)33-19(29)14(3)25-36(31,35-15-8-6-5-7-9-15)32-12-16-18(28)22(4,23)20(34-16)26-11-10-17(27)24-21(26)30;1-14(2)31-21(28)16(4)26-33(29,32-17-8-6-5-7-9-17)13-30-15(3)10-27-12-25-18-19(22)23-11-24-20(18)27/h2-13,16,19,21,23,32H,14-15H2,1H3,(H,30,35)(H2,28,29,34);5-11,13-14,16,18,20,28H,12H2,1-4H3,(H,25,31)(H,24,27,30);5-9,11-12,14-16H,10,13H2,1-4H3,(H,26,29)(H2,22,23,24)/t16-,19+,21+,23+,40?;14-,16+,18+,20+,22+,36-;15-,16-,33+/m001/s1. The maximum absolute atomic E-state index is 15.4. The Morgan fingerprint density at radius 1 is 0.624 bits per heavy atom. The lowest BCUT2D eigenvalue weighted by atomic mass is 9.98. The summed E-state index contributed by atoms with van der Waals surface area (Å²) >= 11 is 0. The maximum atomic E-state index is 15.4. The maximum Gasteiger partial charge on any atom is 0.459 e. The Hall–Kier alpha value is -9.52. The molecule has 2 fully saturated rings. The van der Waals surface area contributed by atoms with Crippen LogP contribution in [0.25, 0.3) is 11.2 Å². The van der Waals surface area contributed by atoms with Gasteiger partial charge in [0.15, 0.2) is 29.5 Å². The van der Waals surface area contributed by atoms with Crippen LogP contribution in [0, 0.1) is 0 Å². The van der Waals surface area contributed by atoms with Crippen LogP contribution in [0.5, 0.6) is 17.2 Å². The molecule has 109 heavy (non-hydrogen) atoms. The van der Waals surface area contributed by atoms with Crippen molar-refractivity contribution in [3.8, 4) is 17.2 Å². The first-order chi connectivity index (χ1) is 51.5. The molecule has 0 bridgehead atoms. The zero-order chi connectivity index (χ0) is 79.6. The van der Waals surface area contributed by atoms with Crippen molar-refractivity contribution in [2.75, 3.05) is 31.0 Å². The lowest BCUT2D eigenvalue weighted by Crippen LogP contribution is -2.43. The van der Waals surface area contributed by atoms with Gasteiger partial charge in [-0.15, -0.1) is 0 Å². The average molecular weight is 1590 g/mol. The van der Waals surface area contributed by atoms with E-state index in [1.807, 2.05) is 18.0 Å². The van der Waals surface area contributed by atoms with Crippen molar-refractivity contribution in [2.24, 2.45) is 0 Å². The molecule has 0 spiro atoms. The minimum Gasteiger partial charge on any atom is -0.462 e. The fraction of sp³-hybridized carbons (Fsp3) is 0.412. The first-order valence-corrected chi connectivity index (χ1v) is 38.6. The van der Waals surface area contributed by atoms with Gasteiger partial charge in [-0.3, -0.25) is 46.9 Å². The molecule has 590 valence electrons. The molecule has 41 heteroatoms. The number of nitrogens with two attached hydrogens (primary N) is 2. The molecule has 35 nitrogen and oxygen atoms in total. The van der Waals surface area contributed by atoms with Gasteiger partial charge in [-0.05, 0) is 110 Å². The second kappa shape index (κ2) is 37.7. The number of fused-ring (bicyclic) bond motifs is 1. The minimum atomic E-state index is -4.46. The van der Waals surface area contributed by atoms with Crippen LogP contribution in [0.15, 0.2) is 173 Å². The molecule has 4 aromatic carbocycles. The average Bonchev–Trinajstić information content (AvgIpc) is 1.62. The molecule has 14 atom stereocenters. The normalized spacial score (nSPS) is 21.5. The predicted molar refractivity (Wildman–Crippen MR) is 386 cm³/mol. The molecule has 0 aliphatic carbocycles. The number of para-hydroxylation sites is 3. The van der Waals surface area contributed by atoms with Gasteiger partial charge in [0.2, 0.25) is 6.23 Å². The number of rotatable bonds is 32. The molecule has 2 aliphatic rings. The van der Waals surface area contributed by atoms with Crippen molar-refractivity contribution in [2.45, 2.75) is 160 Å². The number of carbonyl (C=O) groups is 3. The number of nitrogens with one attached hydrogen (secondary N) is 4. The van der Waals surface area contributed by atoms with Gasteiger partial charge in [0.25, 0.3) is 5.56 Å². The summed E-state index contributed by atoms with van der Waals surface area (Å²) in [6, 6.07) is 32.2. The number of anilines is 2. The number of esters is 3. The molecule has 0 amide bonds. The van der Waals surface area contributed by atoms with Crippen LogP contribution in [0.3, 0.4) is 0 Å². The monoisotopic (exact) mass is 1590 g/mol. The fourth-order valence-corrected chi connectivity index (χ4v) is 15.0. The Kier molecular flexibility index (Phi) is 29.5. The van der Waals surface area contributed by atoms with E-state index in [1.165, 1.54) is 44.4 Å². The summed E-state index contributed by atoms with van der Waals surface area (Å²) in [6.45, 7) is 12.8. The molecule has 2 saturated heterocycles. The second-order valence-electron chi connectivity index (χ2n) is 25.4. The Labute approximate surface area is 621 Å². The van der Waals surface area contributed by atoms with E-state index in [1.54, 1.807) is 137 Å². The smallest absolute Gasteiger partial charge is 0.459 e. The number of nitrogens with zero attached hydrogens (tertiary/aromatic N) is 7. The van der Waals surface area contributed by atoms with Crippen molar-refractivity contribution in [1.29, 1.82) is 0 Å². The third kappa shape index (κ3) is 23.7. The molecule has 10 rings (SSSR count). The summed E-state index contributed by atoms with van der Waals surface area (Å²) in [5.74, 6) is -5.26. The van der Waals surface area contributed by atoms with Crippen LogP contribution in [-0.4, -0.2) is 159 Å². The summed E-state index contributed by atoms with van der Waals surface area (Å²) in [5.41, 5.74) is 7.80. The molecule has 1 unspecified atom stereocenters. The van der Waals surface area contributed by atoms with Gasteiger partial charge in [0.05, 0.1) is 44.4 Å². The van der Waals surface area contributed by atoms with E-state index in [0.717, 1.165) is 41.6 Å². The summed E-state index contributed by atoms with van der Waals surface area (Å²) in [4.78, 5) is 90.4. The number of aromatic amines is 1. The highest BCUT2D eigenvalue weighted by molar-refractivity contribution is 7.57. The Bertz CT molecular complexity index is 4670. The molecular formula is C68H85F3N13O22P3. The summed E-state index contributed by atoms with van der Waals surface area (Å²) < 4.78 is 149. The molecular weight excluding hydrogens is 1500 g/mol. The number of H-pyrrole nitrogens is 1. The van der Waals surface area contributed by atoms with E-state index in [9.17, 15) is 61.5 Å². The largest absolute Gasteiger partial charge is 0.462 e. The van der Waals surface area contributed by atoms with Crippen LogP contribution < -0.4 is 57.2 Å². The fourth-order valence-electron chi connectivity index (χ4n) is 10.2. The van der Waals surface area contributed by atoms with E-state index >= 15 is 4.39 Å². The van der Waals surface area contributed by atoms with E-state index in [0.29, 0.717) is 33.8 Å². The Morgan fingerprint density at radius 3 is 1.63 bits per heavy atom. The number of benzene rings is 4. The summed E-state index contributed by atoms with van der Waals surface area (Å²) in [5, 5.41) is 28.5. The molecule has 2 aliphatic heterocycles. The van der Waals surface area contributed by atoms with Gasteiger partial charge in [-0.25, -0.2) is 43.1 Å². The number of carbonyl (C=O) groups excluding carboxylic acids is 3. The zero-order valence-electron chi connectivity index (χ0n) is 60.3. The van der Waals surface area contributed by atoms with E-state index in [-0.39, 0.29) is 42.5 Å². The molecule has 6 heterocycles. The zero-order valence-corrected chi connectivity index (χ0v) is 63.0. The number of hydrogen-bond acceptors (Lipinski definition) is 28. The predicted octanol–water partition coefficient (Wildman–Crippen LogP) is 7.27. The van der Waals surface area contributed by atoms with Crippen molar-refractivity contribution in [3.63, 3.8) is 0 Å². The molecule has 4 aromatic heterocycles. The van der Waals surface area contributed by atoms with Gasteiger partial charge in [-0.1, -0.05) is 84.9 Å². The van der Waals surface area contributed by atoms with Crippen LogP contribution in [0.4, 0.5) is 24.8 Å². The van der Waals surface area contributed by atoms with Gasteiger partial charge in [0, 0.05) is 18.5 Å². The van der Waals surface area contributed by atoms with Gasteiger partial charge >= 0.3 is 58.2 Å². The minimum absolute atomic E-state index is 0.0473. The van der Waals surface area contributed by atoms with Gasteiger partial charge in [0.1, 0.15) is 84.3 Å². The van der Waals surface area contributed by atoms with Crippen LogP contribution in [-0.2, 0) is 78.7 Å². The van der Waals surface area contributed by atoms with E-state index < -0.39 is 144 Å². The highest BCUT2D eigenvalue weighted by atomic mass is 31.2. The van der Waals surface area contributed by atoms with Crippen molar-refractivity contribution >= 4 is 63.7 Å². The number of alkyl halides is 3. The van der Waals surface area contributed by atoms with Crippen LogP contribution >= 0.6 is 23.0 Å². The lowest BCUT2D eigenvalue weighted by molar-refractivity contribution is -0.150. The third-order valence-electron chi connectivity index (χ3n) is 15.6. The quantitative estimate of drug-likeness (QED) is 0.0117. The topological polar surface area (TPSA) is 466 Å². The summed E-state index contributed by atoms with van der Waals surface area (Å²) in [7, 11) is -12.4. The van der Waals surface area contributed by atoms with Crippen molar-refractivity contribution in [3.05, 3.63) is 195 Å². The molecule has 0 radical (unpaired) electrons. The van der Waals surface area contributed by atoms with Gasteiger partial charge < -0.3 is 68.2 Å². The van der Waals surface area contributed by atoms with Gasteiger partial charge in [-0.2, -0.15) is 23.9 Å². The van der Waals surface area contributed by atoms with Crippen LogP contribution in [0.1, 0.15) is 80.3 Å². The number of aromatic nitrogens is 8. The van der Waals surface area contributed by atoms with Crippen molar-refractivity contribution < 1.29 is 103 Å². The first kappa shape index (κ1) is 85.1. The highest BCUT2D eigenvalue weighted by Gasteiger charge is 2.60.